The summed E-state index contributed by atoms with van der Waals surface area (Å²) in [5.74, 6) is 0. The first-order valence-corrected chi connectivity index (χ1v) is 45.1. The lowest BCUT2D eigenvalue weighted by Gasteiger charge is -2.19. The predicted molar refractivity (Wildman–Crippen MR) is 505 cm³/mol. The maximum Gasteiger partial charge on any atom is 0.210 e. The van der Waals surface area contributed by atoms with Crippen molar-refractivity contribution in [2.24, 2.45) is 0 Å². The minimum atomic E-state index is 0.740. The fraction of sp³-hybridized carbons (Fsp3) is 0.128. The summed E-state index contributed by atoms with van der Waals surface area (Å²) in [5, 5.41) is 0. The Bertz CT molecular complexity index is 6340. The Morgan fingerprint density at radius 1 is 0.140 bits per heavy atom. The number of hydrogen-bond acceptors (Lipinski definition) is 0. The third-order valence-corrected chi connectivity index (χ3v) is 25.8. The largest absolute Gasteiger partial charge is 0.210 e. The van der Waals surface area contributed by atoms with Gasteiger partial charge in [0.2, 0.25) is 34.1 Å². The highest BCUT2D eigenvalue weighted by molar-refractivity contribution is 5.66. The molecule has 7 aromatic carbocycles. The molecule has 129 heavy (non-hydrogen) atoms. The molecule has 19 aromatic rings. The molecule has 0 amide bonds. The number of hydrogen-bond donors (Lipinski definition) is 0. The molecule has 12 heteroatoms. The van der Waals surface area contributed by atoms with Gasteiger partial charge in [0.15, 0.2) is 188 Å². The molecule has 0 bridgehead atoms. The number of pyridine rings is 12. The molecule has 12 heterocycles. The molecule has 0 aliphatic rings. The Balaban J connectivity index is 0.510. The molecule has 0 unspecified atom stereocenters. The predicted octanol–water partition coefficient (Wildman–Crippen LogP) is 18.0. The van der Waals surface area contributed by atoms with Crippen LogP contribution < -0.4 is 54.8 Å². The van der Waals surface area contributed by atoms with Crippen LogP contribution >= 0.6 is 0 Å². The van der Waals surface area contributed by atoms with E-state index < -0.39 is 0 Å². The Morgan fingerprint density at radius 3 is 0.403 bits per heavy atom. The van der Waals surface area contributed by atoms with Gasteiger partial charge in [-0.3, -0.25) is 0 Å². The summed E-state index contributed by atoms with van der Waals surface area (Å²) in [6.45, 7) is 18.1. The fourth-order valence-electron chi connectivity index (χ4n) is 17.6. The van der Waals surface area contributed by atoms with Crippen LogP contribution in [0, 0.1) is 20.8 Å². The van der Waals surface area contributed by atoms with Gasteiger partial charge < -0.3 is 0 Å². The molecular weight excluding hydrogens is 1570 g/mol. The SMILES string of the molecule is CCc1ccc(-[n+]2ccc(-c3cc[n+](-c4ccc(C[n+]5ccc(-c6cc[n+](Cc7c(C)c(C[n+]8ccc(-c9cc[n+](Cc%10ccc(-[n+]%11ccc(-c%12cc[n+](-c%13ccc(CC)cc%13)cc%12)cc%11)cc%10)cc9)cc8)c(C)c(C[n+]8ccc(-c9cc[n+](Cc%10ccc(-[n+]%11ccc(-c%12cc[n+](-c%13ccc(CC)cc%13)cc%12)cc%11)cc%10)cc9)cc8)c7C)cc6)cc5)cc4)cc3)cc2)cc1. The van der Waals surface area contributed by atoms with Gasteiger partial charge in [0, 0.05) is 252 Å². The second-order valence-corrected chi connectivity index (χ2v) is 33.9. The van der Waals surface area contributed by atoms with Crippen molar-refractivity contribution >= 4 is 0 Å². The molecule has 0 saturated heterocycles. The van der Waals surface area contributed by atoms with E-state index in [0.29, 0.717) is 0 Å². The molecule has 0 aliphatic heterocycles. The van der Waals surface area contributed by atoms with E-state index in [9.17, 15) is 0 Å². The zero-order valence-corrected chi connectivity index (χ0v) is 74.3. The molecule has 12 aromatic heterocycles. The zero-order valence-electron chi connectivity index (χ0n) is 74.3. The van der Waals surface area contributed by atoms with Crippen LogP contribution in [0.25, 0.3) is 101 Å². The van der Waals surface area contributed by atoms with Crippen molar-refractivity contribution < 1.29 is 54.8 Å². The van der Waals surface area contributed by atoms with Crippen molar-refractivity contribution in [2.45, 2.75) is 100 Å². The van der Waals surface area contributed by atoms with Gasteiger partial charge in [-0.15, -0.1) is 0 Å². The van der Waals surface area contributed by atoms with Crippen molar-refractivity contribution in [1.29, 1.82) is 0 Å². The van der Waals surface area contributed by atoms with Crippen LogP contribution in [0.1, 0.15) is 87.5 Å². The molecule has 0 atom stereocenters. The van der Waals surface area contributed by atoms with Crippen LogP contribution in [0.2, 0.25) is 0 Å². The number of rotatable bonds is 27. The van der Waals surface area contributed by atoms with Gasteiger partial charge in [0.05, 0.1) is 0 Å². The Morgan fingerprint density at radius 2 is 0.264 bits per heavy atom. The second kappa shape index (κ2) is 38.0. The first-order chi connectivity index (χ1) is 63.4. The first kappa shape index (κ1) is 82.9. The highest BCUT2D eigenvalue weighted by Crippen LogP contribution is 2.30. The minimum Gasteiger partial charge on any atom is -0.201 e. The number of aryl methyl sites for hydroxylation is 3. The Hall–Kier alpha value is -15.7. The number of nitrogens with zero attached hydrogens (tertiary/aromatic N) is 12. The number of benzene rings is 7. The van der Waals surface area contributed by atoms with Crippen molar-refractivity contribution in [3.05, 3.63) is 507 Å². The lowest BCUT2D eigenvalue weighted by Crippen LogP contribution is -2.38. The normalized spacial score (nSPS) is 11.3. The fourth-order valence-corrected chi connectivity index (χ4v) is 17.6. The van der Waals surface area contributed by atoms with Crippen LogP contribution in [0.4, 0.5) is 0 Å². The lowest BCUT2D eigenvalue weighted by atomic mass is 9.87. The summed E-state index contributed by atoms with van der Waals surface area (Å²) in [5.41, 5.74) is 36.8. The molecule has 0 radical (unpaired) electrons. The molecule has 624 valence electrons. The average molecular weight is 1680 g/mol. The van der Waals surface area contributed by atoms with E-state index in [1.54, 1.807) is 0 Å². The maximum atomic E-state index is 2.34. The minimum absolute atomic E-state index is 0.740. The van der Waals surface area contributed by atoms with Crippen molar-refractivity contribution in [3.8, 4) is 101 Å². The smallest absolute Gasteiger partial charge is 0.201 e. The van der Waals surface area contributed by atoms with Gasteiger partial charge in [-0.05, 0) is 177 Å². The summed E-state index contributed by atoms with van der Waals surface area (Å²) >= 11 is 0. The molecule has 0 aliphatic carbocycles. The van der Waals surface area contributed by atoms with Gasteiger partial charge in [-0.25, -0.2) is 27.4 Å². The molecule has 0 spiro atoms. The molecule has 19 rings (SSSR count). The molecule has 12 nitrogen and oxygen atoms in total. The summed E-state index contributed by atoms with van der Waals surface area (Å²) in [6, 6.07) is 106. The first-order valence-electron chi connectivity index (χ1n) is 45.1. The number of aromatic nitrogens is 12. The standard InChI is InChI=1S/C117H108N12/c1-7-91-10-22-109(23-11-91)124-70-46-103(47-71-124)106-52-76-127(77-53-106)112-28-16-94(17-29-112)82-118-58-34-97(35-59-118)100-40-64-121(65-41-100)85-115-88(4)116(86-122-66-42-101(43-67-122)98-36-60-119(61-37-98)83-95-18-30-113(31-19-95)128-78-54-107(55-79-128)104-48-72-125(73-49-104)110-24-12-92(8-2)13-25-110)90(6)117(89(115)5)87-123-68-44-102(45-69-123)99-38-62-120(63-39-99)84-96-20-32-114(33-21-96)129-80-56-108(57-81-129)105-50-74-126(75-51-105)111-26-14-93(9-3)15-27-111/h10-81H,7-9,82-87H2,1-6H3/q+12. The van der Waals surface area contributed by atoms with E-state index in [1.807, 2.05) is 0 Å². The lowest BCUT2D eigenvalue weighted by molar-refractivity contribution is -0.690. The summed E-state index contributed by atoms with van der Waals surface area (Å²) in [4.78, 5) is 0. The van der Waals surface area contributed by atoms with E-state index in [-0.39, 0.29) is 0 Å². The van der Waals surface area contributed by atoms with Crippen LogP contribution in [0.3, 0.4) is 0 Å². The van der Waals surface area contributed by atoms with E-state index in [4.69, 9.17) is 0 Å². The van der Waals surface area contributed by atoms with Crippen LogP contribution in [0.15, 0.2) is 440 Å². The zero-order chi connectivity index (χ0) is 87.5. The van der Waals surface area contributed by atoms with Gasteiger partial charge >= 0.3 is 0 Å². The van der Waals surface area contributed by atoms with Crippen LogP contribution in [-0.2, 0) is 58.5 Å². The van der Waals surface area contributed by atoms with Crippen LogP contribution in [-0.4, -0.2) is 0 Å². The van der Waals surface area contributed by atoms with E-state index >= 15 is 0 Å². The third kappa shape index (κ3) is 19.3. The van der Waals surface area contributed by atoms with E-state index in [2.05, 4.69) is 536 Å². The molecule has 0 fully saturated rings. The third-order valence-electron chi connectivity index (χ3n) is 25.8. The van der Waals surface area contributed by atoms with Gasteiger partial charge in [-0.1, -0.05) is 57.2 Å². The van der Waals surface area contributed by atoms with Crippen molar-refractivity contribution in [2.75, 3.05) is 0 Å². The monoisotopic (exact) mass is 1680 g/mol. The maximum absolute atomic E-state index is 2.34. The van der Waals surface area contributed by atoms with Gasteiger partial charge in [0.25, 0.3) is 0 Å². The molecule has 0 saturated carbocycles. The van der Waals surface area contributed by atoms with Gasteiger partial charge in [0.1, 0.15) is 0 Å². The van der Waals surface area contributed by atoms with Crippen molar-refractivity contribution in [1.82, 2.24) is 0 Å². The van der Waals surface area contributed by atoms with Crippen molar-refractivity contribution in [3.63, 3.8) is 0 Å². The Kier molecular flexibility index (Phi) is 24.5. The quantitative estimate of drug-likeness (QED) is 0.0461. The van der Waals surface area contributed by atoms with E-state index in [0.717, 1.165) is 92.7 Å². The Labute approximate surface area is 757 Å². The highest BCUT2D eigenvalue weighted by Gasteiger charge is 2.26. The molecule has 0 N–H and O–H groups in total. The van der Waals surface area contributed by atoms with E-state index in [1.165, 1.54) is 134 Å². The van der Waals surface area contributed by atoms with Crippen LogP contribution in [0.5, 0.6) is 0 Å². The topological polar surface area (TPSA) is 46.6 Å². The molecular formula is C117H108N12+12. The summed E-state index contributed by atoms with van der Waals surface area (Å²) < 4.78 is 26.8. The van der Waals surface area contributed by atoms with Gasteiger partial charge in [-0.2, -0.15) is 27.4 Å². The second-order valence-electron chi connectivity index (χ2n) is 33.9. The summed E-state index contributed by atoms with van der Waals surface area (Å²) in [6.07, 6.45) is 55.5. The highest BCUT2D eigenvalue weighted by atomic mass is 15.0. The summed E-state index contributed by atoms with van der Waals surface area (Å²) in [7, 11) is 0. The average Bonchev–Trinajstić information content (AvgIpc) is 0.770.